The summed E-state index contributed by atoms with van der Waals surface area (Å²) in [6.45, 7) is 21.4. The molecule has 2 heterocycles. The predicted molar refractivity (Wildman–Crippen MR) is 237 cm³/mol. The van der Waals surface area contributed by atoms with Gasteiger partial charge in [-0.3, -0.25) is 0 Å². The van der Waals surface area contributed by atoms with Gasteiger partial charge in [0.05, 0.1) is 55.8 Å². The van der Waals surface area contributed by atoms with Crippen LogP contribution in [0.25, 0.3) is 0 Å². The standard InChI is InChI=1S/C47H70N2O8SSi/c1-34(2)59(35(3)4,36(5)6)57-45-29-49(58(50,51)41-18-11-37(7)12-19-41)28-44(46(45)40-16-13-38(14-17-40)30-54-33-47(21-22-47)32-53-9)56-31-39-15-20-43-42(27-39)48(24-26-55-43)23-10-25-52-8/h11-20,27,34-36,44-46H,10,21-26,28-33H2,1-9H3/t44-,45+,46+/m0/s1. The number of aryl methyl sites for hydroxylation is 1. The molecule has 0 aromatic heterocycles. The molecular formula is C47H70N2O8SSi. The first kappa shape index (κ1) is 45.7. The van der Waals surface area contributed by atoms with Gasteiger partial charge < -0.3 is 33.0 Å². The lowest BCUT2D eigenvalue weighted by Gasteiger charge is -2.50. The molecule has 1 aliphatic carbocycles. The Hall–Kier alpha value is -2.81. The molecule has 1 saturated carbocycles. The quantitative estimate of drug-likeness (QED) is 0.0769. The van der Waals surface area contributed by atoms with E-state index in [-0.39, 0.29) is 29.3 Å². The second-order valence-electron chi connectivity index (χ2n) is 18.1. The molecule has 3 aliphatic rings. The van der Waals surface area contributed by atoms with Gasteiger partial charge in [0.25, 0.3) is 0 Å². The van der Waals surface area contributed by atoms with Crippen LogP contribution in [0.15, 0.2) is 71.6 Å². The lowest BCUT2D eigenvalue weighted by molar-refractivity contribution is -0.0505. The highest BCUT2D eigenvalue weighted by molar-refractivity contribution is 7.89. The summed E-state index contributed by atoms with van der Waals surface area (Å²) in [5.74, 6) is 0.643. The molecule has 2 fully saturated rings. The molecule has 3 aromatic rings. The van der Waals surface area contributed by atoms with Crippen LogP contribution in [0.1, 0.15) is 89.0 Å². The maximum Gasteiger partial charge on any atom is 0.243 e. The summed E-state index contributed by atoms with van der Waals surface area (Å²) in [5, 5.41) is 0. The van der Waals surface area contributed by atoms with Crippen molar-refractivity contribution in [3.05, 3.63) is 89.0 Å². The van der Waals surface area contributed by atoms with Crippen molar-refractivity contribution < 1.29 is 36.5 Å². The normalized spacial score (nSPS) is 20.9. The van der Waals surface area contributed by atoms with Gasteiger partial charge in [0.1, 0.15) is 12.4 Å². The molecule has 6 rings (SSSR count). The Morgan fingerprint density at radius 2 is 1.47 bits per heavy atom. The van der Waals surface area contributed by atoms with E-state index in [1.54, 1.807) is 30.7 Å². The fraction of sp³-hybridized carbons (Fsp3) is 0.617. The molecule has 0 spiro atoms. The van der Waals surface area contributed by atoms with Crippen molar-refractivity contribution >= 4 is 24.0 Å². The van der Waals surface area contributed by atoms with Crippen molar-refractivity contribution in [2.24, 2.45) is 5.41 Å². The summed E-state index contributed by atoms with van der Waals surface area (Å²) in [6, 6.07) is 22.1. The molecule has 0 unspecified atom stereocenters. The molecule has 59 heavy (non-hydrogen) atoms. The zero-order chi connectivity index (χ0) is 42.4. The Morgan fingerprint density at radius 3 is 2.10 bits per heavy atom. The van der Waals surface area contributed by atoms with Crippen LogP contribution in [0.3, 0.4) is 0 Å². The number of hydrogen-bond acceptors (Lipinski definition) is 9. The van der Waals surface area contributed by atoms with Crippen molar-refractivity contribution in [3.63, 3.8) is 0 Å². The van der Waals surface area contributed by atoms with Crippen LogP contribution in [-0.4, -0.2) is 100 Å². The zero-order valence-corrected chi connectivity index (χ0v) is 38.9. The van der Waals surface area contributed by atoms with Crippen LogP contribution in [-0.2, 0) is 46.6 Å². The number of fused-ring (bicyclic) bond motifs is 1. The van der Waals surface area contributed by atoms with E-state index in [0.717, 1.165) is 72.6 Å². The third-order valence-corrected chi connectivity index (χ3v) is 20.9. The molecule has 12 heteroatoms. The molecule has 3 aromatic carbocycles. The lowest BCUT2D eigenvalue weighted by atomic mass is 9.85. The second-order valence-corrected chi connectivity index (χ2v) is 25.5. The Balaban J connectivity index is 1.36. The molecule has 0 amide bonds. The first-order valence-electron chi connectivity index (χ1n) is 21.7. The SMILES string of the molecule is COCCCN1CCOc2ccc(CO[C@H]3CN(S(=O)(=O)c4ccc(C)cc4)C[C@@H](O[Si](C(C)C)(C(C)C)C(C)C)[C@@H]3c3ccc(COCC4(COC)CC4)cc3)cc21. The summed E-state index contributed by atoms with van der Waals surface area (Å²) in [6.07, 6.45) is 2.26. The van der Waals surface area contributed by atoms with Gasteiger partial charge in [0.2, 0.25) is 18.3 Å². The van der Waals surface area contributed by atoms with Crippen LogP contribution >= 0.6 is 0 Å². The minimum atomic E-state index is -3.88. The molecule has 1 saturated heterocycles. The smallest absolute Gasteiger partial charge is 0.243 e. The maximum atomic E-state index is 14.6. The van der Waals surface area contributed by atoms with E-state index in [1.807, 2.05) is 25.1 Å². The zero-order valence-electron chi connectivity index (χ0n) is 37.1. The number of piperidine rings is 1. The topological polar surface area (TPSA) is 96.0 Å². The van der Waals surface area contributed by atoms with E-state index < -0.39 is 30.5 Å². The average molecular weight is 851 g/mol. The van der Waals surface area contributed by atoms with E-state index in [4.69, 9.17) is 28.1 Å². The largest absolute Gasteiger partial charge is 0.490 e. The highest BCUT2D eigenvalue weighted by Crippen LogP contribution is 2.48. The van der Waals surface area contributed by atoms with Gasteiger partial charge in [-0.15, -0.1) is 0 Å². The van der Waals surface area contributed by atoms with Crippen LogP contribution < -0.4 is 9.64 Å². The van der Waals surface area contributed by atoms with Crippen LogP contribution in [0.4, 0.5) is 5.69 Å². The van der Waals surface area contributed by atoms with E-state index in [2.05, 4.69) is 82.8 Å². The third-order valence-electron chi connectivity index (χ3n) is 13.0. The molecule has 10 nitrogen and oxygen atoms in total. The summed E-state index contributed by atoms with van der Waals surface area (Å²) in [5.41, 5.74) is 6.32. The van der Waals surface area contributed by atoms with E-state index >= 15 is 0 Å². The van der Waals surface area contributed by atoms with E-state index in [0.29, 0.717) is 49.7 Å². The van der Waals surface area contributed by atoms with Gasteiger partial charge in [-0.2, -0.15) is 4.31 Å². The van der Waals surface area contributed by atoms with Gasteiger partial charge in [-0.1, -0.05) is 89.6 Å². The Labute approximate surface area is 356 Å². The lowest BCUT2D eigenvalue weighted by Crippen LogP contribution is -2.59. The number of hydrogen-bond donors (Lipinski definition) is 0. The number of anilines is 1. The fourth-order valence-corrected chi connectivity index (χ4v) is 16.7. The van der Waals surface area contributed by atoms with Gasteiger partial charge in [0.15, 0.2) is 0 Å². The van der Waals surface area contributed by atoms with Crippen molar-refractivity contribution in [3.8, 4) is 5.75 Å². The first-order chi connectivity index (χ1) is 28.2. The molecule has 2 aliphatic heterocycles. The van der Waals surface area contributed by atoms with Crippen LogP contribution in [0.2, 0.25) is 16.6 Å². The number of benzene rings is 3. The number of nitrogens with zero attached hydrogens (tertiary/aromatic N) is 2. The highest BCUT2D eigenvalue weighted by atomic mass is 32.2. The van der Waals surface area contributed by atoms with Crippen molar-refractivity contribution in [2.75, 3.05) is 71.7 Å². The molecule has 0 radical (unpaired) electrons. The summed E-state index contributed by atoms with van der Waals surface area (Å²) < 4.78 is 68.6. The maximum absolute atomic E-state index is 14.6. The Bertz CT molecular complexity index is 1880. The van der Waals surface area contributed by atoms with Crippen molar-refractivity contribution in [1.82, 2.24) is 4.31 Å². The minimum absolute atomic E-state index is 0.156. The van der Waals surface area contributed by atoms with Gasteiger partial charge in [-0.05, 0) is 83.8 Å². The predicted octanol–water partition coefficient (Wildman–Crippen LogP) is 9.11. The summed E-state index contributed by atoms with van der Waals surface area (Å²) in [7, 11) is -2.89. The van der Waals surface area contributed by atoms with Crippen molar-refractivity contribution in [1.29, 1.82) is 0 Å². The molecular weight excluding hydrogens is 781 g/mol. The molecule has 3 atom stereocenters. The minimum Gasteiger partial charge on any atom is -0.490 e. The molecule has 326 valence electrons. The van der Waals surface area contributed by atoms with Gasteiger partial charge in [0, 0.05) is 51.8 Å². The average Bonchev–Trinajstić information content (AvgIpc) is 3.98. The summed E-state index contributed by atoms with van der Waals surface area (Å²) >= 11 is 0. The number of methoxy groups -OCH3 is 2. The third kappa shape index (κ3) is 10.6. The first-order valence-corrected chi connectivity index (χ1v) is 25.3. The highest BCUT2D eigenvalue weighted by Gasteiger charge is 2.51. The fourth-order valence-electron chi connectivity index (χ4n) is 9.64. The molecule has 0 N–H and O–H groups in total. The van der Waals surface area contributed by atoms with Gasteiger partial charge >= 0.3 is 0 Å². The van der Waals surface area contributed by atoms with E-state index in [1.165, 1.54) is 0 Å². The monoisotopic (exact) mass is 850 g/mol. The summed E-state index contributed by atoms with van der Waals surface area (Å²) in [4.78, 5) is 2.64. The number of ether oxygens (including phenoxy) is 5. The number of sulfonamides is 1. The number of rotatable bonds is 21. The Morgan fingerprint density at radius 1 is 0.814 bits per heavy atom. The Kier molecular flexibility index (Phi) is 15.4. The van der Waals surface area contributed by atoms with Crippen LogP contribution in [0.5, 0.6) is 5.75 Å². The van der Waals surface area contributed by atoms with Crippen molar-refractivity contribution in [2.45, 2.75) is 121 Å². The van der Waals surface area contributed by atoms with E-state index in [9.17, 15) is 8.42 Å². The molecule has 0 bridgehead atoms. The van der Waals surface area contributed by atoms with Crippen LogP contribution in [0, 0.1) is 12.3 Å². The van der Waals surface area contributed by atoms with Gasteiger partial charge in [-0.25, -0.2) is 8.42 Å². The second kappa shape index (κ2) is 19.9.